The molecule has 0 aromatic heterocycles. The van der Waals surface area contributed by atoms with Crippen molar-refractivity contribution in [3.8, 4) is 5.75 Å². The van der Waals surface area contributed by atoms with Crippen LogP contribution in [-0.2, 0) is 16.1 Å². The Hall–Kier alpha value is -2.41. The minimum atomic E-state index is -0.585. The summed E-state index contributed by atoms with van der Waals surface area (Å²) >= 11 is 0. The number of amides is 3. The zero-order valence-corrected chi connectivity index (χ0v) is 19.8. The number of benzene rings is 1. The van der Waals surface area contributed by atoms with Gasteiger partial charge >= 0.3 is 0 Å². The second kappa shape index (κ2) is 8.75. The van der Waals surface area contributed by atoms with Gasteiger partial charge in [-0.05, 0) is 80.8 Å². The molecule has 3 amide bonds. The van der Waals surface area contributed by atoms with Crippen LogP contribution in [0.1, 0.15) is 81.1 Å². The molecule has 0 spiro atoms. The number of piperidine rings is 2. The monoisotopic (exact) mass is 453 g/mol. The standard InChI is InChI=1S/C26H35N3O4/c1-26(2)11-13-28(14-12-26)20-5-3-4-6-22(20)33-18-7-8-19-17(15-18)16-29(25(19)32)21-9-10-23(30)27-24(21)31/h7-8,15,20-22H,3-6,9-14,16H2,1-2H3,(H,27,30,31). The number of fused-ring (bicyclic) bond motifs is 1. The van der Waals surface area contributed by atoms with E-state index in [0.717, 1.165) is 30.8 Å². The second-order valence-corrected chi connectivity index (χ2v) is 10.9. The molecule has 1 aliphatic carbocycles. The van der Waals surface area contributed by atoms with Crippen molar-refractivity contribution in [2.24, 2.45) is 5.41 Å². The number of imide groups is 1. The first-order valence-electron chi connectivity index (χ1n) is 12.5. The highest BCUT2D eigenvalue weighted by atomic mass is 16.5. The Bertz CT molecular complexity index is 949. The molecule has 0 bridgehead atoms. The molecule has 1 N–H and O–H groups in total. The molecule has 1 aromatic rings. The van der Waals surface area contributed by atoms with Gasteiger partial charge in [-0.1, -0.05) is 20.3 Å². The van der Waals surface area contributed by atoms with Gasteiger partial charge in [0.05, 0.1) is 0 Å². The van der Waals surface area contributed by atoms with E-state index in [-0.39, 0.29) is 30.2 Å². The van der Waals surface area contributed by atoms with Gasteiger partial charge in [0.2, 0.25) is 11.8 Å². The molecule has 3 fully saturated rings. The number of carbonyl (C=O) groups excluding carboxylic acids is 3. The van der Waals surface area contributed by atoms with Gasteiger partial charge in [0, 0.05) is 24.6 Å². The Morgan fingerprint density at radius 1 is 1.03 bits per heavy atom. The molecule has 3 aliphatic heterocycles. The molecule has 3 heterocycles. The van der Waals surface area contributed by atoms with Crippen LogP contribution in [0.15, 0.2) is 18.2 Å². The second-order valence-electron chi connectivity index (χ2n) is 10.9. The number of ether oxygens (including phenoxy) is 1. The Balaban J connectivity index is 1.28. The molecule has 3 unspecified atom stereocenters. The number of nitrogens with one attached hydrogen (secondary N) is 1. The van der Waals surface area contributed by atoms with Crippen molar-refractivity contribution in [3.05, 3.63) is 29.3 Å². The van der Waals surface area contributed by atoms with Crippen LogP contribution >= 0.6 is 0 Å². The smallest absolute Gasteiger partial charge is 0.255 e. The highest BCUT2D eigenvalue weighted by Crippen LogP contribution is 2.36. The summed E-state index contributed by atoms with van der Waals surface area (Å²) in [6.07, 6.45) is 7.95. The lowest BCUT2D eigenvalue weighted by Gasteiger charge is -2.45. The van der Waals surface area contributed by atoms with E-state index in [9.17, 15) is 14.4 Å². The van der Waals surface area contributed by atoms with Gasteiger partial charge in [-0.3, -0.25) is 24.6 Å². The number of rotatable bonds is 4. The molecule has 7 heteroatoms. The predicted molar refractivity (Wildman–Crippen MR) is 124 cm³/mol. The molecule has 33 heavy (non-hydrogen) atoms. The van der Waals surface area contributed by atoms with Crippen molar-refractivity contribution in [2.75, 3.05) is 13.1 Å². The maximum absolute atomic E-state index is 12.9. The van der Waals surface area contributed by atoms with Crippen LogP contribution in [0, 0.1) is 5.41 Å². The van der Waals surface area contributed by atoms with E-state index in [0.29, 0.717) is 30.0 Å². The van der Waals surface area contributed by atoms with Crippen LogP contribution in [0.25, 0.3) is 0 Å². The van der Waals surface area contributed by atoms with Crippen molar-refractivity contribution in [1.29, 1.82) is 0 Å². The average Bonchev–Trinajstić information content (AvgIpc) is 3.10. The van der Waals surface area contributed by atoms with E-state index in [1.807, 2.05) is 18.2 Å². The summed E-state index contributed by atoms with van der Waals surface area (Å²) in [5, 5.41) is 2.36. The van der Waals surface area contributed by atoms with E-state index in [1.54, 1.807) is 4.90 Å². The lowest BCUT2D eigenvalue weighted by Crippen LogP contribution is -2.52. The third-order valence-corrected chi connectivity index (χ3v) is 8.07. The zero-order valence-electron chi connectivity index (χ0n) is 19.8. The first kappa shape index (κ1) is 22.4. The molecule has 5 rings (SSSR count). The fraction of sp³-hybridized carbons (Fsp3) is 0.654. The summed E-state index contributed by atoms with van der Waals surface area (Å²) in [5.74, 6) is 0.0208. The van der Waals surface area contributed by atoms with Gasteiger partial charge in [-0.15, -0.1) is 0 Å². The van der Waals surface area contributed by atoms with Gasteiger partial charge in [-0.2, -0.15) is 0 Å². The van der Waals surface area contributed by atoms with Gasteiger partial charge in [0.25, 0.3) is 5.91 Å². The average molecular weight is 454 g/mol. The molecule has 0 radical (unpaired) electrons. The van der Waals surface area contributed by atoms with Crippen LogP contribution in [0.3, 0.4) is 0 Å². The van der Waals surface area contributed by atoms with Crippen molar-refractivity contribution in [1.82, 2.24) is 15.1 Å². The number of likely N-dealkylation sites (tertiary alicyclic amines) is 1. The van der Waals surface area contributed by atoms with Crippen molar-refractivity contribution in [2.45, 2.75) is 89.9 Å². The van der Waals surface area contributed by atoms with Gasteiger partial charge in [-0.25, -0.2) is 0 Å². The number of hydrogen-bond donors (Lipinski definition) is 1. The summed E-state index contributed by atoms with van der Waals surface area (Å²) < 4.78 is 6.55. The lowest BCUT2D eigenvalue weighted by molar-refractivity contribution is -0.136. The Labute approximate surface area is 195 Å². The van der Waals surface area contributed by atoms with Crippen LogP contribution in [-0.4, -0.2) is 58.8 Å². The van der Waals surface area contributed by atoms with Crippen molar-refractivity contribution >= 4 is 17.7 Å². The summed E-state index contributed by atoms with van der Waals surface area (Å²) in [7, 11) is 0. The Kier molecular flexibility index (Phi) is 5.93. The largest absolute Gasteiger partial charge is 0.489 e. The number of hydrogen-bond acceptors (Lipinski definition) is 5. The minimum absolute atomic E-state index is 0.141. The molecule has 3 atom stereocenters. The van der Waals surface area contributed by atoms with E-state index in [4.69, 9.17) is 4.74 Å². The Morgan fingerprint density at radius 3 is 2.55 bits per heavy atom. The maximum Gasteiger partial charge on any atom is 0.255 e. The molecule has 4 aliphatic rings. The number of carbonyl (C=O) groups is 3. The number of nitrogens with zero attached hydrogens (tertiary/aromatic N) is 2. The van der Waals surface area contributed by atoms with Gasteiger partial charge in [0.15, 0.2) is 0 Å². The fourth-order valence-corrected chi connectivity index (χ4v) is 5.89. The third kappa shape index (κ3) is 4.52. The van der Waals surface area contributed by atoms with E-state index in [1.165, 1.54) is 32.1 Å². The van der Waals surface area contributed by atoms with Crippen LogP contribution in [0.4, 0.5) is 0 Å². The van der Waals surface area contributed by atoms with Crippen LogP contribution < -0.4 is 10.1 Å². The predicted octanol–water partition coefficient (Wildman–Crippen LogP) is 3.26. The molecule has 178 valence electrons. The summed E-state index contributed by atoms with van der Waals surface area (Å²) in [6.45, 7) is 7.38. The highest BCUT2D eigenvalue weighted by molar-refractivity contribution is 6.05. The van der Waals surface area contributed by atoms with Crippen LogP contribution in [0.2, 0.25) is 0 Å². The summed E-state index contributed by atoms with van der Waals surface area (Å²) in [4.78, 5) is 41.0. The zero-order chi connectivity index (χ0) is 23.2. The molecule has 7 nitrogen and oxygen atoms in total. The molecular formula is C26H35N3O4. The van der Waals surface area contributed by atoms with Crippen molar-refractivity contribution < 1.29 is 19.1 Å². The molecule has 1 saturated carbocycles. The van der Waals surface area contributed by atoms with E-state index in [2.05, 4.69) is 24.1 Å². The first-order valence-corrected chi connectivity index (χ1v) is 12.5. The maximum atomic E-state index is 12.9. The quantitative estimate of drug-likeness (QED) is 0.708. The molecule has 1 aromatic carbocycles. The molecular weight excluding hydrogens is 418 g/mol. The summed E-state index contributed by atoms with van der Waals surface area (Å²) in [5.41, 5.74) is 1.96. The van der Waals surface area contributed by atoms with E-state index < -0.39 is 6.04 Å². The molecule has 2 saturated heterocycles. The van der Waals surface area contributed by atoms with E-state index >= 15 is 0 Å². The lowest BCUT2D eigenvalue weighted by atomic mass is 9.81. The van der Waals surface area contributed by atoms with Crippen LogP contribution in [0.5, 0.6) is 5.75 Å². The highest BCUT2D eigenvalue weighted by Gasteiger charge is 2.40. The summed E-state index contributed by atoms with van der Waals surface area (Å²) in [6, 6.07) is 5.57. The Morgan fingerprint density at radius 2 is 1.79 bits per heavy atom. The normalized spacial score (nSPS) is 30.2. The topological polar surface area (TPSA) is 79.0 Å². The fourth-order valence-electron chi connectivity index (χ4n) is 5.89. The van der Waals surface area contributed by atoms with Gasteiger partial charge < -0.3 is 9.64 Å². The van der Waals surface area contributed by atoms with Gasteiger partial charge in [0.1, 0.15) is 17.9 Å². The SMILES string of the molecule is CC1(C)CCN(C2CCCCC2Oc2ccc3c(c2)CN(C2CCC(=O)NC2=O)C3=O)CC1. The first-order chi connectivity index (χ1) is 15.8. The third-order valence-electron chi connectivity index (χ3n) is 8.07. The minimum Gasteiger partial charge on any atom is -0.489 e. The van der Waals surface area contributed by atoms with Crippen molar-refractivity contribution in [3.63, 3.8) is 0 Å².